The van der Waals surface area contributed by atoms with E-state index in [1.165, 1.54) is 5.56 Å². The van der Waals surface area contributed by atoms with Crippen LogP contribution in [0.15, 0.2) is 24.3 Å². The van der Waals surface area contributed by atoms with Crippen molar-refractivity contribution in [3.63, 3.8) is 0 Å². The predicted octanol–water partition coefficient (Wildman–Crippen LogP) is 2.33. The fraction of sp³-hybridized carbons (Fsp3) is 0.412. The van der Waals surface area contributed by atoms with Gasteiger partial charge >= 0.3 is 0 Å². The van der Waals surface area contributed by atoms with Crippen LogP contribution in [0.2, 0.25) is 0 Å². The highest BCUT2D eigenvalue weighted by molar-refractivity contribution is 5.76. The first-order valence-corrected chi connectivity index (χ1v) is 7.50. The molecular formula is C17H23N3O2. The van der Waals surface area contributed by atoms with Gasteiger partial charge in [-0.25, -0.2) is 0 Å². The normalized spacial score (nSPS) is 10.5. The van der Waals surface area contributed by atoms with Crippen LogP contribution < -0.4 is 10.1 Å². The summed E-state index contributed by atoms with van der Waals surface area (Å²) in [5, 5.41) is 10.1. The summed E-state index contributed by atoms with van der Waals surface area (Å²) in [5.74, 6) is 0.911. The van der Waals surface area contributed by atoms with Gasteiger partial charge in [-0.3, -0.25) is 9.89 Å². The van der Waals surface area contributed by atoms with Gasteiger partial charge in [-0.05, 0) is 49.9 Å². The molecule has 0 bridgehead atoms. The van der Waals surface area contributed by atoms with Gasteiger partial charge in [0.25, 0.3) is 0 Å². The molecule has 1 heterocycles. The van der Waals surface area contributed by atoms with Gasteiger partial charge in [-0.15, -0.1) is 0 Å². The van der Waals surface area contributed by atoms with Crippen LogP contribution in [0, 0.1) is 13.8 Å². The van der Waals surface area contributed by atoms with Crippen LogP contribution in [0.4, 0.5) is 0 Å². The molecule has 2 N–H and O–H groups in total. The summed E-state index contributed by atoms with van der Waals surface area (Å²) in [6, 6.07) is 7.81. The molecular weight excluding hydrogens is 278 g/mol. The molecule has 0 atom stereocenters. The van der Waals surface area contributed by atoms with E-state index in [0.29, 0.717) is 13.0 Å². The number of nitrogens with zero attached hydrogens (tertiary/aromatic N) is 1. The number of hydrogen-bond donors (Lipinski definition) is 2. The highest BCUT2D eigenvalue weighted by atomic mass is 16.5. The Bertz CT molecular complexity index is 598. The molecule has 118 valence electrons. The van der Waals surface area contributed by atoms with Gasteiger partial charge in [-0.1, -0.05) is 12.1 Å². The minimum absolute atomic E-state index is 0.0784. The second-order valence-electron chi connectivity index (χ2n) is 5.36. The molecule has 0 radical (unpaired) electrons. The number of H-pyrrole nitrogens is 1. The lowest BCUT2D eigenvalue weighted by Crippen LogP contribution is -2.26. The van der Waals surface area contributed by atoms with E-state index in [1.807, 2.05) is 38.1 Å². The van der Waals surface area contributed by atoms with E-state index in [0.717, 1.165) is 35.5 Å². The third kappa shape index (κ3) is 4.35. The van der Waals surface area contributed by atoms with Crippen molar-refractivity contribution in [2.24, 2.45) is 0 Å². The van der Waals surface area contributed by atoms with Crippen LogP contribution in [0.3, 0.4) is 0 Å². The number of rotatable bonds is 7. The van der Waals surface area contributed by atoms with E-state index in [2.05, 4.69) is 15.5 Å². The zero-order valence-electron chi connectivity index (χ0n) is 13.4. The van der Waals surface area contributed by atoms with E-state index in [1.54, 1.807) is 7.11 Å². The first-order valence-electron chi connectivity index (χ1n) is 7.50. The van der Waals surface area contributed by atoms with E-state index in [9.17, 15) is 4.79 Å². The van der Waals surface area contributed by atoms with Crippen molar-refractivity contribution in [1.29, 1.82) is 0 Å². The highest BCUT2D eigenvalue weighted by Crippen LogP contribution is 2.12. The quantitative estimate of drug-likeness (QED) is 0.825. The minimum Gasteiger partial charge on any atom is -0.497 e. The lowest BCUT2D eigenvalue weighted by Gasteiger charge is -2.06. The average molecular weight is 301 g/mol. The second kappa shape index (κ2) is 7.64. The van der Waals surface area contributed by atoms with Crippen molar-refractivity contribution in [2.45, 2.75) is 33.1 Å². The number of aryl methyl sites for hydroxylation is 3. The number of methoxy groups -OCH3 is 1. The Labute approximate surface area is 131 Å². The van der Waals surface area contributed by atoms with Crippen molar-refractivity contribution in [2.75, 3.05) is 13.7 Å². The topological polar surface area (TPSA) is 67.0 Å². The van der Waals surface area contributed by atoms with Crippen LogP contribution in [-0.2, 0) is 17.6 Å². The van der Waals surface area contributed by atoms with Crippen LogP contribution in [0.1, 0.15) is 28.9 Å². The van der Waals surface area contributed by atoms with Gasteiger partial charge < -0.3 is 10.1 Å². The monoisotopic (exact) mass is 301 g/mol. The summed E-state index contributed by atoms with van der Waals surface area (Å²) in [6.45, 7) is 4.62. The molecule has 0 aliphatic carbocycles. The van der Waals surface area contributed by atoms with Gasteiger partial charge in [0.05, 0.1) is 12.8 Å². The largest absolute Gasteiger partial charge is 0.497 e. The lowest BCUT2D eigenvalue weighted by molar-refractivity contribution is -0.121. The number of aromatic amines is 1. The number of ether oxygens (including phenoxy) is 1. The molecule has 0 saturated carbocycles. The Morgan fingerprint density at radius 2 is 1.95 bits per heavy atom. The zero-order valence-corrected chi connectivity index (χ0v) is 13.4. The third-order valence-corrected chi connectivity index (χ3v) is 3.78. The van der Waals surface area contributed by atoms with Crippen molar-refractivity contribution in [3.8, 4) is 5.75 Å². The molecule has 1 aromatic heterocycles. The fourth-order valence-electron chi connectivity index (χ4n) is 2.41. The van der Waals surface area contributed by atoms with E-state index in [4.69, 9.17) is 4.74 Å². The van der Waals surface area contributed by atoms with E-state index < -0.39 is 0 Å². The fourth-order valence-corrected chi connectivity index (χ4v) is 2.41. The van der Waals surface area contributed by atoms with Crippen LogP contribution >= 0.6 is 0 Å². The lowest BCUT2D eigenvalue weighted by atomic mass is 10.1. The maximum absolute atomic E-state index is 11.9. The van der Waals surface area contributed by atoms with Gasteiger partial charge in [0.15, 0.2) is 0 Å². The molecule has 0 spiro atoms. The number of carbonyl (C=O) groups excluding carboxylic acids is 1. The van der Waals surface area contributed by atoms with Crippen LogP contribution in [0.25, 0.3) is 0 Å². The molecule has 0 unspecified atom stereocenters. The predicted molar refractivity (Wildman–Crippen MR) is 86.1 cm³/mol. The second-order valence-corrected chi connectivity index (χ2v) is 5.36. The van der Waals surface area contributed by atoms with Gasteiger partial charge in [0.1, 0.15) is 5.75 Å². The summed E-state index contributed by atoms with van der Waals surface area (Å²) in [6.07, 6.45) is 2.04. The molecule has 0 fully saturated rings. The average Bonchev–Trinajstić information content (AvgIpc) is 2.85. The Balaban J connectivity index is 1.71. The molecule has 5 heteroatoms. The minimum atomic E-state index is 0.0784. The first-order chi connectivity index (χ1) is 10.6. The maximum atomic E-state index is 11.9. The number of benzene rings is 1. The van der Waals surface area contributed by atoms with E-state index >= 15 is 0 Å². The number of hydrogen-bond acceptors (Lipinski definition) is 3. The summed E-state index contributed by atoms with van der Waals surface area (Å²) in [4.78, 5) is 11.9. The van der Waals surface area contributed by atoms with Gasteiger partial charge in [0.2, 0.25) is 5.91 Å². The molecule has 0 saturated heterocycles. The van der Waals surface area contributed by atoms with Crippen LogP contribution in [0.5, 0.6) is 5.75 Å². The van der Waals surface area contributed by atoms with Gasteiger partial charge in [0, 0.05) is 18.7 Å². The summed E-state index contributed by atoms with van der Waals surface area (Å²) in [7, 11) is 1.64. The first kappa shape index (κ1) is 16.1. The molecule has 0 aliphatic rings. The molecule has 1 amide bonds. The molecule has 2 aromatic rings. The molecule has 22 heavy (non-hydrogen) atoms. The Morgan fingerprint density at radius 3 is 2.55 bits per heavy atom. The molecule has 1 aromatic carbocycles. The SMILES string of the molecule is COc1ccc(CCC(=O)NCCc2c(C)n[nH]c2C)cc1. The number of aromatic nitrogens is 2. The van der Waals surface area contributed by atoms with Crippen molar-refractivity contribution < 1.29 is 9.53 Å². The highest BCUT2D eigenvalue weighted by Gasteiger charge is 2.07. The smallest absolute Gasteiger partial charge is 0.220 e. The van der Waals surface area contributed by atoms with Crippen molar-refractivity contribution in [3.05, 3.63) is 46.8 Å². The number of nitrogens with one attached hydrogen (secondary N) is 2. The summed E-state index contributed by atoms with van der Waals surface area (Å²) in [5.41, 5.74) is 4.41. The third-order valence-electron chi connectivity index (χ3n) is 3.78. The summed E-state index contributed by atoms with van der Waals surface area (Å²) >= 11 is 0. The number of amides is 1. The molecule has 5 nitrogen and oxygen atoms in total. The van der Waals surface area contributed by atoms with Gasteiger partial charge in [-0.2, -0.15) is 5.10 Å². The van der Waals surface area contributed by atoms with Crippen LogP contribution in [-0.4, -0.2) is 29.8 Å². The van der Waals surface area contributed by atoms with Crippen molar-refractivity contribution >= 4 is 5.91 Å². The summed E-state index contributed by atoms with van der Waals surface area (Å²) < 4.78 is 5.12. The van der Waals surface area contributed by atoms with E-state index in [-0.39, 0.29) is 5.91 Å². The zero-order chi connectivity index (χ0) is 15.9. The Hall–Kier alpha value is -2.30. The molecule has 2 rings (SSSR count). The Kier molecular flexibility index (Phi) is 5.58. The Morgan fingerprint density at radius 1 is 1.23 bits per heavy atom. The maximum Gasteiger partial charge on any atom is 0.220 e. The van der Waals surface area contributed by atoms with Crippen molar-refractivity contribution in [1.82, 2.24) is 15.5 Å². The molecule has 0 aliphatic heterocycles. The standard InChI is InChI=1S/C17H23N3O2/c1-12-16(13(2)20-19-12)10-11-18-17(21)9-6-14-4-7-15(22-3)8-5-14/h4-5,7-8H,6,9-11H2,1-3H3,(H,18,21)(H,19,20). The number of carbonyl (C=O) groups is 1.